The first-order valence-corrected chi connectivity index (χ1v) is 12.7. The van der Waals surface area contributed by atoms with E-state index in [1.165, 1.54) is 0 Å². The van der Waals surface area contributed by atoms with Crippen molar-refractivity contribution >= 4 is 40.7 Å². The van der Waals surface area contributed by atoms with E-state index < -0.39 is 12.0 Å². The first kappa shape index (κ1) is 25.0. The van der Waals surface area contributed by atoms with Crippen LogP contribution in [-0.4, -0.2) is 57.8 Å². The van der Waals surface area contributed by atoms with Gasteiger partial charge in [0.1, 0.15) is 11.2 Å². The second kappa shape index (κ2) is 10.7. The van der Waals surface area contributed by atoms with Crippen molar-refractivity contribution in [3.63, 3.8) is 0 Å². The Kier molecular flexibility index (Phi) is 7.26. The fourth-order valence-corrected chi connectivity index (χ4v) is 5.25. The lowest BCUT2D eigenvalue weighted by Gasteiger charge is -2.31. The number of fused-ring (bicyclic) bond motifs is 1. The van der Waals surface area contributed by atoms with Gasteiger partial charge in [-0.25, -0.2) is 14.8 Å². The normalized spacial score (nSPS) is 19.9. The molecule has 10 nitrogen and oxygen atoms in total. The second-order valence-corrected chi connectivity index (χ2v) is 9.77. The molecule has 3 aromatic rings. The molecule has 1 saturated carbocycles. The number of imidazole rings is 1. The van der Waals surface area contributed by atoms with Gasteiger partial charge in [-0.05, 0) is 43.7 Å². The minimum atomic E-state index is -1.11. The fourth-order valence-electron chi connectivity index (χ4n) is 5.06. The minimum Gasteiger partial charge on any atom is -0.388 e. The van der Waals surface area contributed by atoms with Crippen LogP contribution in [-0.2, 0) is 16.0 Å². The number of terminal acetylenes is 1. The van der Waals surface area contributed by atoms with Gasteiger partial charge < -0.3 is 24.7 Å². The Bertz CT molecular complexity index is 1370. The molecule has 0 atom stereocenters. The molecule has 1 aliphatic heterocycles. The molecule has 2 aliphatic rings. The monoisotopic (exact) mass is 521 g/mol. The summed E-state index contributed by atoms with van der Waals surface area (Å²) in [6.45, 7) is 3.32. The number of nitrogens with zero attached hydrogens (tertiary/aromatic N) is 5. The number of benzene rings is 1. The van der Waals surface area contributed by atoms with Crippen LogP contribution < -0.4 is 10.6 Å². The summed E-state index contributed by atoms with van der Waals surface area (Å²) >= 11 is 6.33. The summed E-state index contributed by atoms with van der Waals surface area (Å²) in [6, 6.07) is 7.31. The Labute approximate surface area is 219 Å². The summed E-state index contributed by atoms with van der Waals surface area (Å²) < 4.78 is 12.5. The number of nitrogens with two attached hydrogens (primary N) is 1. The molecular formula is C26H28ClN7O3. The van der Waals surface area contributed by atoms with Gasteiger partial charge >= 0.3 is 6.09 Å². The van der Waals surface area contributed by atoms with E-state index in [0.717, 1.165) is 49.3 Å². The number of anilines is 1. The van der Waals surface area contributed by atoms with E-state index in [0.29, 0.717) is 54.5 Å². The summed E-state index contributed by atoms with van der Waals surface area (Å²) in [6.07, 6.45) is 8.63. The third kappa shape index (κ3) is 5.38. The molecule has 0 unspecified atom stereocenters. The molecule has 1 amide bonds. The quantitative estimate of drug-likeness (QED) is 0.296. The Balaban J connectivity index is 1.67. The number of rotatable bonds is 5. The largest absolute Gasteiger partial charge is 0.411 e. The number of amides is 1. The highest BCUT2D eigenvalue weighted by Crippen LogP contribution is 2.35. The summed E-state index contributed by atoms with van der Waals surface area (Å²) in [7, 11) is 0. The molecule has 2 aromatic heterocycles. The van der Waals surface area contributed by atoms with Crippen molar-refractivity contribution in [2.24, 2.45) is 17.6 Å². The zero-order valence-electron chi connectivity index (χ0n) is 20.3. The van der Waals surface area contributed by atoms with Crippen LogP contribution in [0.15, 0.2) is 24.3 Å². The topological polar surface area (TPSA) is 132 Å². The number of ether oxygens (including phenoxy) is 2. The number of halogens is 1. The molecule has 2 fully saturated rings. The standard InChI is InChI=1S/C26H28ClN7O3/c1-2-16-6-8-17(9-7-16)15-34-21-20(18-4-3-5-19(27)14-18)30-24(22(28)37-25(29)35)31-23(21)32-26(34)33-10-12-36-13-11-33/h1,3-5,14,16-17,28H,6-13,15H2,(H2,29,35). The Morgan fingerprint density at radius 3 is 2.65 bits per heavy atom. The highest BCUT2D eigenvalue weighted by atomic mass is 35.5. The lowest BCUT2D eigenvalue weighted by molar-refractivity contribution is 0.121. The molecular weight excluding hydrogens is 494 g/mol. The molecule has 3 N–H and O–H groups in total. The van der Waals surface area contributed by atoms with Gasteiger partial charge in [-0.1, -0.05) is 23.7 Å². The molecule has 0 bridgehead atoms. The van der Waals surface area contributed by atoms with Crippen LogP contribution in [0.25, 0.3) is 22.4 Å². The molecule has 3 heterocycles. The third-order valence-corrected chi connectivity index (χ3v) is 7.14. The average molecular weight is 522 g/mol. The maximum absolute atomic E-state index is 11.3. The van der Waals surface area contributed by atoms with Gasteiger partial charge in [0.05, 0.1) is 13.2 Å². The van der Waals surface area contributed by atoms with E-state index in [2.05, 4.69) is 25.4 Å². The molecule has 0 spiro atoms. The number of hydrogen-bond donors (Lipinski definition) is 2. The van der Waals surface area contributed by atoms with Crippen molar-refractivity contribution in [3.8, 4) is 23.6 Å². The van der Waals surface area contributed by atoms with Crippen molar-refractivity contribution in [2.45, 2.75) is 32.2 Å². The van der Waals surface area contributed by atoms with Gasteiger partial charge in [-0.2, -0.15) is 4.98 Å². The Hall–Kier alpha value is -3.68. The average Bonchev–Trinajstić information content (AvgIpc) is 3.27. The first-order valence-electron chi connectivity index (χ1n) is 12.3. The van der Waals surface area contributed by atoms with Gasteiger partial charge in [0.2, 0.25) is 11.8 Å². The Morgan fingerprint density at radius 1 is 1.22 bits per heavy atom. The van der Waals surface area contributed by atoms with Crippen molar-refractivity contribution in [1.29, 1.82) is 5.41 Å². The minimum absolute atomic E-state index is 0.0889. The smallest absolute Gasteiger partial charge is 0.388 e. The summed E-state index contributed by atoms with van der Waals surface area (Å²) in [4.78, 5) is 27.6. The van der Waals surface area contributed by atoms with Crippen LogP contribution in [0.1, 0.15) is 31.5 Å². The van der Waals surface area contributed by atoms with Gasteiger partial charge in [0.15, 0.2) is 5.65 Å². The lowest BCUT2D eigenvalue weighted by Crippen LogP contribution is -2.38. The van der Waals surface area contributed by atoms with Crippen molar-refractivity contribution < 1.29 is 14.3 Å². The number of aromatic nitrogens is 4. The van der Waals surface area contributed by atoms with Crippen LogP contribution in [0, 0.1) is 29.6 Å². The predicted molar refractivity (Wildman–Crippen MR) is 141 cm³/mol. The maximum Gasteiger partial charge on any atom is 0.411 e. The van der Waals surface area contributed by atoms with Crippen LogP contribution >= 0.6 is 11.6 Å². The number of primary amides is 1. The number of morpholine rings is 1. The van der Waals surface area contributed by atoms with E-state index in [-0.39, 0.29) is 5.82 Å². The van der Waals surface area contributed by atoms with E-state index in [4.69, 9.17) is 43.6 Å². The summed E-state index contributed by atoms with van der Waals surface area (Å²) in [5, 5.41) is 8.73. The Morgan fingerprint density at radius 2 is 1.97 bits per heavy atom. The highest BCUT2D eigenvalue weighted by molar-refractivity contribution is 6.30. The molecule has 11 heteroatoms. The number of carbonyl (C=O) groups is 1. The molecule has 192 valence electrons. The maximum atomic E-state index is 11.3. The SMILES string of the molecule is C#CC1CCC(Cn2c(N3CCOCC3)nc3nc(C(=N)OC(N)=O)nc(-c4cccc(Cl)c4)c32)CC1. The van der Waals surface area contributed by atoms with E-state index in [1.54, 1.807) is 12.1 Å². The zero-order valence-corrected chi connectivity index (χ0v) is 21.1. The van der Waals surface area contributed by atoms with Crippen LogP contribution in [0.3, 0.4) is 0 Å². The number of carbonyl (C=O) groups excluding carboxylic acids is 1. The lowest BCUT2D eigenvalue weighted by atomic mass is 9.82. The van der Waals surface area contributed by atoms with Gasteiger partial charge in [0, 0.05) is 36.1 Å². The fraction of sp³-hybridized carbons (Fsp3) is 0.423. The van der Waals surface area contributed by atoms with Crippen molar-refractivity contribution in [1.82, 2.24) is 19.5 Å². The second-order valence-electron chi connectivity index (χ2n) is 9.33. The van der Waals surface area contributed by atoms with Crippen LogP contribution in [0.2, 0.25) is 5.02 Å². The number of nitrogens with one attached hydrogen (secondary N) is 1. The molecule has 0 radical (unpaired) electrons. The van der Waals surface area contributed by atoms with Crippen LogP contribution in [0.5, 0.6) is 0 Å². The molecule has 5 rings (SSSR count). The van der Waals surface area contributed by atoms with Gasteiger partial charge in [0.25, 0.3) is 5.90 Å². The highest BCUT2D eigenvalue weighted by Gasteiger charge is 2.28. The van der Waals surface area contributed by atoms with Gasteiger partial charge in [-0.3, -0.25) is 5.41 Å². The zero-order chi connectivity index (χ0) is 25.9. The molecule has 1 aliphatic carbocycles. The predicted octanol–water partition coefficient (Wildman–Crippen LogP) is 3.84. The first-order chi connectivity index (χ1) is 17.9. The molecule has 1 aromatic carbocycles. The van der Waals surface area contributed by atoms with Crippen molar-refractivity contribution in [3.05, 3.63) is 35.1 Å². The van der Waals surface area contributed by atoms with Crippen molar-refractivity contribution in [2.75, 3.05) is 31.2 Å². The van der Waals surface area contributed by atoms with E-state index >= 15 is 0 Å². The van der Waals surface area contributed by atoms with Gasteiger partial charge in [-0.15, -0.1) is 12.3 Å². The third-order valence-electron chi connectivity index (χ3n) is 6.90. The van der Waals surface area contributed by atoms with Crippen LogP contribution in [0.4, 0.5) is 10.7 Å². The number of hydrogen-bond acceptors (Lipinski definition) is 8. The van der Waals surface area contributed by atoms with E-state index in [9.17, 15) is 4.79 Å². The summed E-state index contributed by atoms with van der Waals surface area (Å²) in [5.41, 5.74) is 7.55. The summed E-state index contributed by atoms with van der Waals surface area (Å²) in [5.74, 6) is 3.79. The molecule has 1 saturated heterocycles. The molecule has 37 heavy (non-hydrogen) atoms. The van der Waals surface area contributed by atoms with E-state index in [1.807, 2.05) is 12.1 Å².